The number of aromatic amines is 2. The predicted molar refractivity (Wildman–Crippen MR) is 202 cm³/mol. The van der Waals surface area contributed by atoms with Crippen LogP contribution in [0.2, 0.25) is 0 Å². The zero-order valence-electron chi connectivity index (χ0n) is 30.6. The van der Waals surface area contributed by atoms with Crippen LogP contribution in [0.25, 0.3) is 33.6 Å². The van der Waals surface area contributed by atoms with E-state index >= 15 is 0 Å². The quantitative estimate of drug-likeness (QED) is 0.138. The second kappa shape index (κ2) is 16.2. The second-order valence-corrected chi connectivity index (χ2v) is 13.7. The third kappa shape index (κ3) is 8.20. The van der Waals surface area contributed by atoms with Gasteiger partial charge in [0.05, 0.1) is 43.0 Å². The number of hydrogen-bond acceptors (Lipinski definition) is 9. The Morgan fingerprint density at radius 3 is 1.82 bits per heavy atom. The molecule has 5 N–H and O–H groups in total. The van der Waals surface area contributed by atoms with Crippen molar-refractivity contribution in [3.8, 4) is 33.6 Å². The lowest BCUT2D eigenvalue weighted by atomic mass is 10.0. The topological polar surface area (TPSA) is 202 Å². The molecule has 15 heteroatoms. The number of aromatic nitrogens is 5. The minimum absolute atomic E-state index is 0.170. The molecule has 5 aromatic rings. The number of hydrogen-bond donors (Lipinski definition) is 4. The molecule has 5 heterocycles. The number of methoxy groups -OCH3 is 1. The van der Waals surface area contributed by atoms with Gasteiger partial charge in [-0.1, -0.05) is 54.6 Å². The number of benzene rings is 2. The summed E-state index contributed by atoms with van der Waals surface area (Å²) in [5.41, 5.74) is 11.8. The van der Waals surface area contributed by atoms with E-state index in [1.54, 1.807) is 47.6 Å². The minimum Gasteiger partial charge on any atom is -0.453 e. The summed E-state index contributed by atoms with van der Waals surface area (Å²) in [6, 6.07) is 18.7. The molecule has 2 saturated heterocycles. The fourth-order valence-corrected chi connectivity index (χ4v) is 7.40. The van der Waals surface area contributed by atoms with Crippen molar-refractivity contribution in [1.82, 2.24) is 40.0 Å². The summed E-state index contributed by atoms with van der Waals surface area (Å²) in [5, 5.41) is 2.55. The molecule has 7 rings (SSSR count). The summed E-state index contributed by atoms with van der Waals surface area (Å²) in [4.78, 5) is 73.8. The highest BCUT2D eigenvalue weighted by Gasteiger charge is 2.38. The highest BCUT2D eigenvalue weighted by atomic mass is 16.6. The van der Waals surface area contributed by atoms with Gasteiger partial charge in [-0.3, -0.25) is 14.6 Å². The van der Waals surface area contributed by atoms with E-state index in [2.05, 4.69) is 59.2 Å². The first-order chi connectivity index (χ1) is 26.7. The van der Waals surface area contributed by atoms with Crippen molar-refractivity contribution in [3.63, 3.8) is 0 Å². The zero-order chi connectivity index (χ0) is 38.5. The number of pyridine rings is 1. The number of alkyl carbamates (subject to hydrolysis) is 1. The Morgan fingerprint density at radius 1 is 0.800 bits per heavy atom. The number of amides is 4. The van der Waals surface area contributed by atoms with Gasteiger partial charge in [0, 0.05) is 31.9 Å². The molecule has 2 aliphatic rings. The van der Waals surface area contributed by atoms with Gasteiger partial charge in [-0.25, -0.2) is 19.6 Å². The van der Waals surface area contributed by atoms with Crippen LogP contribution in [0.1, 0.15) is 61.9 Å². The lowest BCUT2D eigenvalue weighted by Gasteiger charge is -2.27. The first-order valence-electron chi connectivity index (χ1n) is 18.3. The number of ether oxygens (including phenoxy) is 2. The normalized spacial score (nSPS) is 17.8. The molecule has 0 saturated carbocycles. The van der Waals surface area contributed by atoms with Crippen molar-refractivity contribution >= 4 is 24.0 Å². The van der Waals surface area contributed by atoms with E-state index in [-0.39, 0.29) is 30.3 Å². The Bertz CT molecular complexity index is 2130. The van der Waals surface area contributed by atoms with Crippen molar-refractivity contribution in [2.75, 3.05) is 20.2 Å². The lowest BCUT2D eigenvalue weighted by molar-refractivity contribution is -0.141. The van der Waals surface area contributed by atoms with Gasteiger partial charge < -0.3 is 40.3 Å². The molecule has 2 aliphatic heterocycles. The average molecular weight is 746 g/mol. The Balaban J connectivity index is 0.994. The minimum atomic E-state index is -1.07. The second-order valence-electron chi connectivity index (χ2n) is 13.7. The van der Waals surface area contributed by atoms with Gasteiger partial charge in [0.1, 0.15) is 17.7 Å². The standard InChI is InChI=1S/C40H43N9O6/c1-24(45-40(53)54-2)37(50)48-18-4-7-32(48)35-43-22-30(46-35)28-13-9-26(10-14-28)27-11-15-29(16-12-27)31-23-44-36(47-31)33-8-5-19-49(33)38(51)34(55-39(41)52)20-25-6-3-17-42-21-25/h3,6,9-17,21-24,32-34H,4-5,7-8,18-20H2,1-2H3,(H2,41,52)(H,43,46)(H,44,47)(H,45,53)/t24-,32?,33-,34-/m0/s1. The number of nitrogens with one attached hydrogen (secondary N) is 3. The fourth-order valence-electron chi connectivity index (χ4n) is 7.40. The van der Waals surface area contributed by atoms with Gasteiger partial charge in [-0.05, 0) is 66.5 Å². The number of H-pyrrole nitrogens is 2. The smallest absolute Gasteiger partial charge is 0.407 e. The summed E-state index contributed by atoms with van der Waals surface area (Å²) in [7, 11) is 1.27. The maximum Gasteiger partial charge on any atom is 0.407 e. The molecule has 4 amide bonds. The Labute approximate surface area is 317 Å². The van der Waals surface area contributed by atoms with Crippen LogP contribution in [0, 0.1) is 0 Å². The predicted octanol–water partition coefficient (Wildman–Crippen LogP) is 5.31. The highest BCUT2D eigenvalue weighted by Crippen LogP contribution is 2.35. The summed E-state index contributed by atoms with van der Waals surface area (Å²) in [6.07, 6.45) is 7.41. The number of imidazole rings is 2. The van der Waals surface area contributed by atoms with Crippen molar-refractivity contribution < 1.29 is 28.7 Å². The first-order valence-corrected chi connectivity index (χ1v) is 18.3. The van der Waals surface area contributed by atoms with Crippen molar-refractivity contribution in [2.24, 2.45) is 5.73 Å². The molecule has 0 bridgehead atoms. The monoisotopic (exact) mass is 745 g/mol. The van der Waals surface area contributed by atoms with Crippen LogP contribution in [0.3, 0.4) is 0 Å². The average Bonchev–Trinajstić information content (AvgIpc) is 4.04. The van der Waals surface area contributed by atoms with E-state index in [4.69, 9.17) is 10.5 Å². The van der Waals surface area contributed by atoms with Gasteiger partial charge in [0.2, 0.25) is 5.91 Å². The van der Waals surface area contributed by atoms with E-state index < -0.39 is 24.3 Å². The maximum atomic E-state index is 13.7. The van der Waals surface area contributed by atoms with E-state index in [1.807, 2.05) is 30.3 Å². The van der Waals surface area contributed by atoms with Crippen LogP contribution in [0.15, 0.2) is 85.5 Å². The van der Waals surface area contributed by atoms with E-state index in [1.165, 1.54) is 7.11 Å². The molecule has 0 spiro atoms. The highest BCUT2D eigenvalue weighted by molar-refractivity contribution is 5.86. The first kappa shape index (κ1) is 36.8. The number of primary amides is 1. The van der Waals surface area contributed by atoms with Gasteiger partial charge in [0.25, 0.3) is 5.91 Å². The van der Waals surface area contributed by atoms with Gasteiger partial charge in [-0.2, -0.15) is 0 Å². The zero-order valence-corrected chi connectivity index (χ0v) is 30.6. The third-order valence-electron chi connectivity index (χ3n) is 10.2. The number of rotatable bonds is 11. The largest absolute Gasteiger partial charge is 0.453 e. The molecule has 15 nitrogen and oxygen atoms in total. The molecule has 284 valence electrons. The van der Waals surface area contributed by atoms with E-state index in [0.29, 0.717) is 24.7 Å². The van der Waals surface area contributed by atoms with Crippen LogP contribution in [-0.4, -0.2) is 91.1 Å². The molecule has 0 radical (unpaired) electrons. The van der Waals surface area contributed by atoms with Gasteiger partial charge in [0.15, 0.2) is 6.10 Å². The molecule has 4 atom stereocenters. The molecule has 55 heavy (non-hydrogen) atoms. The molecule has 0 aliphatic carbocycles. The number of carbonyl (C=O) groups is 4. The maximum absolute atomic E-state index is 13.7. The van der Waals surface area contributed by atoms with Crippen LogP contribution in [0.5, 0.6) is 0 Å². The molecular weight excluding hydrogens is 702 g/mol. The lowest BCUT2D eigenvalue weighted by Crippen LogP contribution is -2.46. The molecule has 2 aromatic carbocycles. The van der Waals surface area contributed by atoms with Crippen LogP contribution < -0.4 is 11.1 Å². The number of nitrogens with zero attached hydrogens (tertiary/aromatic N) is 5. The summed E-state index contributed by atoms with van der Waals surface area (Å²) in [5.74, 6) is 0.877. The van der Waals surface area contributed by atoms with Gasteiger partial charge >= 0.3 is 12.2 Å². The molecule has 2 fully saturated rings. The van der Waals surface area contributed by atoms with E-state index in [0.717, 1.165) is 64.9 Å². The Hall–Kier alpha value is -6.51. The summed E-state index contributed by atoms with van der Waals surface area (Å²) < 4.78 is 9.92. The SMILES string of the molecule is COC(=O)N[C@@H](C)C(=O)N1CCCC1c1ncc(-c2ccc(-c3ccc(-c4cnc([C@@H]5CCCN5C(=O)[C@H](Cc5cccnc5)OC(N)=O)[nH]4)cc3)cc2)[nH]1. The number of nitrogens with two attached hydrogens (primary N) is 1. The van der Waals surface area contributed by atoms with Crippen molar-refractivity contribution in [3.05, 3.63) is 103 Å². The molecule has 3 aromatic heterocycles. The molecular formula is C40H43N9O6. The van der Waals surface area contributed by atoms with E-state index in [9.17, 15) is 19.2 Å². The summed E-state index contributed by atoms with van der Waals surface area (Å²) in [6.45, 7) is 2.75. The number of carbonyl (C=O) groups excluding carboxylic acids is 4. The third-order valence-corrected chi connectivity index (χ3v) is 10.2. The fraction of sp³-hybridized carbons (Fsp3) is 0.325. The Kier molecular flexibility index (Phi) is 10.9. The van der Waals surface area contributed by atoms with Crippen molar-refractivity contribution in [1.29, 1.82) is 0 Å². The van der Waals surface area contributed by atoms with Crippen LogP contribution in [-0.2, 0) is 25.5 Å². The van der Waals surface area contributed by atoms with Crippen LogP contribution in [0.4, 0.5) is 9.59 Å². The number of likely N-dealkylation sites (tertiary alicyclic amines) is 2. The van der Waals surface area contributed by atoms with Crippen molar-refractivity contribution in [2.45, 2.75) is 63.3 Å². The Morgan fingerprint density at radius 2 is 1.33 bits per heavy atom. The molecule has 1 unspecified atom stereocenters. The van der Waals surface area contributed by atoms with Gasteiger partial charge in [-0.15, -0.1) is 0 Å². The van der Waals surface area contributed by atoms with Crippen LogP contribution >= 0.6 is 0 Å². The summed E-state index contributed by atoms with van der Waals surface area (Å²) >= 11 is 0.